The lowest BCUT2D eigenvalue weighted by molar-refractivity contribution is 0.0212. The van der Waals surface area contributed by atoms with E-state index in [9.17, 15) is 5.11 Å². The number of aliphatic hydroxyl groups is 1. The van der Waals surface area contributed by atoms with Crippen LogP contribution in [0.15, 0.2) is 0 Å². The maximum atomic E-state index is 10.3. The molecule has 2 unspecified atom stereocenters. The molecule has 0 aromatic carbocycles. The molecule has 3 nitrogen and oxygen atoms in total. The Morgan fingerprint density at radius 1 is 1.29 bits per heavy atom. The topological polar surface area (TPSA) is 26.7 Å². The largest absolute Gasteiger partial charge is 0.391 e. The van der Waals surface area contributed by atoms with Gasteiger partial charge in [0, 0.05) is 19.1 Å². The number of hydrogen-bond donors (Lipinski definition) is 1. The number of likely N-dealkylation sites (N-methyl/N-ethyl adjacent to an activating group) is 1. The molecule has 2 atom stereocenters. The molecular formula is C14H28N2O. The quantitative estimate of drug-likeness (QED) is 0.808. The van der Waals surface area contributed by atoms with E-state index in [0.29, 0.717) is 6.04 Å². The van der Waals surface area contributed by atoms with Gasteiger partial charge in [-0.3, -0.25) is 4.90 Å². The van der Waals surface area contributed by atoms with Crippen LogP contribution in [0.3, 0.4) is 0 Å². The minimum Gasteiger partial charge on any atom is -0.391 e. The van der Waals surface area contributed by atoms with Crippen LogP contribution in [0.1, 0.15) is 39.5 Å². The van der Waals surface area contributed by atoms with E-state index in [1.807, 2.05) is 0 Å². The van der Waals surface area contributed by atoms with Crippen molar-refractivity contribution in [2.45, 2.75) is 51.7 Å². The summed E-state index contributed by atoms with van der Waals surface area (Å²) >= 11 is 0. The molecule has 1 N–H and O–H groups in total. The zero-order valence-corrected chi connectivity index (χ0v) is 11.7. The van der Waals surface area contributed by atoms with Crippen molar-refractivity contribution in [1.29, 1.82) is 0 Å². The van der Waals surface area contributed by atoms with E-state index in [1.54, 1.807) is 0 Å². The van der Waals surface area contributed by atoms with Crippen molar-refractivity contribution < 1.29 is 5.11 Å². The molecule has 2 fully saturated rings. The van der Waals surface area contributed by atoms with Gasteiger partial charge in [0.25, 0.3) is 0 Å². The first-order chi connectivity index (χ1) is 8.00. The molecule has 0 amide bonds. The average Bonchev–Trinajstić information content (AvgIpc) is 2.86. The van der Waals surface area contributed by atoms with Gasteiger partial charge < -0.3 is 10.0 Å². The van der Waals surface area contributed by atoms with Crippen LogP contribution in [0, 0.1) is 5.41 Å². The third-order valence-electron chi connectivity index (χ3n) is 4.78. The Morgan fingerprint density at radius 2 is 1.94 bits per heavy atom. The van der Waals surface area contributed by atoms with Crippen LogP contribution in [0.2, 0.25) is 0 Å². The van der Waals surface area contributed by atoms with Gasteiger partial charge in [0.1, 0.15) is 0 Å². The van der Waals surface area contributed by atoms with E-state index in [0.717, 1.165) is 19.4 Å². The minimum absolute atomic E-state index is 0.104. The van der Waals surface area contributed by atoms with Crippen LogP contribution in [-0.4, -0.2) is 60.3 Å². The summed E-state index contributed by atoms with van der Waals surface area (Å²) in [5, 5.41) is 10.3. The van der Waals surface area contributed by atoms with E-state index in [4.69, 9.17) is 0 Å². The third kappa shape index (κ3) is 3.01. The molecule has 2 rings (SSSR count). The Labute approximate surface area is 106 Å². The number of rotatable bonds is 4. The second-order valence-corrected chi connectivity index (χ2v) is 6.57. The smallest absolute Gasteiger partial charge is 0.0746 e. The summed E-state index contributed by atoms with van der Waals surface area (Å²) in [6, 6.07) is 0.368. The molecule has 1 saturated heterocycles. The Kier molecular flexibility index (Phi) is 4.11. The second-order valence-electron chi connectivity index (χ2n) is 6.57. The number of aliphatic hydroxyl groups excluding tert-OH is 1. The van der Waals surface area contributed by atoms with Crippen molar-refractivity contribution in [3.63, 3.8) is 0 Å². The fraction of sp³-hybridized carbons (Fsp3) is 1.00. The molecule has 0 radical (unpaired) electrons. The molecule has 3 heteroatoms. The summed E-state index contributed by atoms with van der Waals surface area (Å²) in [5.74, 6) is 0. The lowest BCUT2D eigenvalue weighted by atomic mass is 9.89. The molecule has 2 aliphatic rings. The fourth-order valence-corrected chi connectivity index (χ4v) is 3.28. The van der Waals surface area contributed by atoms with Crippen molar-refractivity contribution >= 4 is 0 Å². The van der Waals surface area contributed by atoms with Crippen LogP contribution in [0.25, 0.3) is 0 Å². The molecule has 0 spiro atoms. The molecule has 1 aliphatic heterocycles. The van der Waals surface area contributed by atoms with Crippen LogP contribution in [0.5, 0.6) is 0 Å². The number of nitrogens with zero attached hydrogens (tertiary/aromatic N) is 2. The predicted octanol–water partition coefficient (Wildman–Crippen LogP) is 1.56. The molecule has 0 aromatic heterocycles. The van der Waals surface area contributed by atoms with Gasteiger partial charge in [-0.2, -0.15) is 0 Å². The van der Waals surface area contributed by atoms with Gasteiger partial charge in [0.2, 0.25) is 0 Å². The molecule has 0 bridgehead atoms. The molecule has 100 valence electrons. The Hall–Kier alpha value is -0.120. The summed E-state index contributed by atoms with van der Waals surface area (Å²) in [6.45, 7) is 9.18. The molecule has 1 aliphatic carbocycles. The van der Waals surface area contributed by atoms with Crippen LogP contribution < -0.4 is 0 Å². The maximum Gasteiger partial charge on any atom is 0.0746 e. The standard InChI is InChI=1S/C14H28N2O/c1-14(2)7-6-12(13(14)17)15(3)10-11-16-8-4-5-9-16/h12-13,17H,4-11H2,1-3H3. The van der Waals surface area contributed by atoms with Crippen LogP contribution in [0.4, 0.5) is 0 Å². The van der Waals surface area contributed by atoms with E-state index in [2.05, 4.69) is 30.7 Å². The van der Waals surface area contributed by atoms with Gasteiger partial charge in [-0.25, -0.2) is 0 Å². The zero-order valence-electron chi connectivity index (χ0n) is 11.7. The fourth-order valence-electron chi connectivity index (χ4n) is 3.28. The molecule has 0 aromatic rings. The second kappa shape index (κ2) is 5.25. The average molecular weight is 240 g/mol. The summed E-state index contributed by atoms with van der Waals surface area (Å²) in [5.41, 5.74) is 0.104. The normalized spacial score (nSPS) is 33.7. The van der Waals surface area contributed by atoms with E-state index in [-0.39, 0.29) is 11.5 Å². The molecular weight excluding hydrogens is 212 g/mol. The van der Waals surface area contributed by atoms with Crippen LogP contribution in [-0.2, 0) is 0 Å². The highest BCUT2D eigenvalue weighted by molar-refractivity contribution is 4.95. The maximum absolute atomic E-state index is 10.3. The molecule has 1 heterocycles. The lowest BCUT2D eigenvalue weighted by Crippen LogP contribution is -2.44. The first-order valence-corrected chi connectivity index (χ1v) is 7.11. The predicted molar refractivity (Wildman–Crippen MR) is 71.1 cm³/mol. The van der Waals surface area contributed by atoms with Gasteiger partial charge in [-0.05, 0) is 51.2 Å². The first kappa shape index (κ1) is 13.3. The molecule has 17 heavy (non-hydrogen) atoms. The summed E-state index contributed by atoms with van der Waals surface area (Å²) < 4.78 is 0. The monoisotopic (exact) mass is 240 g/mol. The highest BCUT2D eigenvalue weighted by Crippen LogP contribution is 2.39. The van der Waals surface area contributed by atoms with Gasteiger partial charge in [0.15, 0.2) is 0 Å². The Bertz CT molecular complexity index is 249. The highest BCUT2D eigenvalue weighted by Gasteiger charge is 2.42. The Balaban J connectivity index is 1.78. The third-order valence-corrected chi connectivity index (χ3v) is 4.78. The van der Waals surface area contributed by atoms with Crippen molar-refractivity contribution in [2.75, 3.05) is 33.2 Å². The summed E-state index contributed by atoms with van der Waals surface area (Å²) in [6.07, 6.45) is 4.86. The van der Waals surface area contributed by atoms with Crippen molar-refractivity contribution in [2.24, 2.45) is 5.41 Å². The van der Waals surface area contributed by atoms with E-state index >= 15 is 0 Å². The van der Waals surface area contributed by atoms with Gasteiger partial charge >= 0.3 is 0 Å². The summed E-state index contributed by atoms with van der Waals surface area (Å²) in [7, 11) is 2.17. The van der Waals surface area contributed by atoms with Crippen molar-refractivity contribution in [3.8, 4) is 0 Å². The van der Waals surface area contributed by atoms with Gasteiger partial charge in [0.05, 0.1) is 6.10 Å². The van der Waals surface area contributed by atoms with E-state index < -0.39 is 0 Å². The summed E-state index contributed by atoms with van der Waals surface area (Å²) in [4.78, 5) is 4.92. The van der Waals surface area contributed by atoms with E-state index in [1.165, 1.54) is 32.5 Å². The SMILES string of the molecule is CN(CCN1CCCC1)C1CCC(C)(C)C1O. The lowest BCUT2D eigenvalue weighted by Gasteiger charge is -2.32. The first-order valence-electron chi connectivity index (χ1n) is 7.11. The molecule has 1 saturated carbocycles. The van der Waals surface area contributed by atoms with Gasteiger partial charge in [-0.15, -0.1) is 0 Å². The van der Waals surface area contributed by atoms with Crippen molar-refractivity contribution in [3.05, 3.63) is 0 Å². The van der Waals surface area contributed by atoms with Crippen molar-refractivity contribution in [1.82, 2.24) is 9.80 Å². The number of likely N-dealkylation sites (tertiary alicyclic amines) is 1. The number of hydrogen-bond acceptors (Lipinski definition) is 3. The zero-order chi connectivity index (χ0) is 12.5. The highest BCUT2D eigenvalue weighted by atomic mass is 16.3. The minimum atomic E-state index is -0.161. The Morgan fingerprint density at radius 3 is 2.47 bits per heavy atom. The van der Waals surface area contributed by atoms with Crippen LogP contribution >= 0.6 is 0 Å². The van der Waals surface area contributed by atoms with Gasteiger partial charge in [-0.1, -0.05) is 13.8 Å².